The summed E-state index contributed by atoms with van der Waals surface area (Å²) in [6, 6.07) is 0. The molecule has 2 atom stereocenters. The third kappa shape index (κ3) is 25.3. The van der Waals surface area contributed by atoms with Crippen molar-refractivity contribution >= 4 is 19.8 Å². The number of phosphoric acid groups is 1. The Kier molecular flexibility index (Phi) is 25.6. The van der Waals surface area contributed by atoms with Gasteiger partial charge in [0.15, 0.2) is 6.10 Å². The number of hydrogen-bond donors (Lipinski definition) is 2. The largest absolute Gasteiger partial charge is 0.472 e. The second kappa shape index (κ2) is 26.2. The van der Waals surface area contributed by atoms with E-state index < -0.39 is 32.5 Å². The van der Waals surface area contributed by atoms with Crippen molar-refractivity contribution in [2.75, 3.05) is 26.4 Å². The van der Waals surface area contributed by atoms with Crippen LogP contribution in [0.1, 0.15) is 136 Å². The lowest BCUT2D eigenvalue weighted by molar-refractivity contribution is -0.161. The van der Waals surface area contributed by atoms with Gasteiger partial charge in [-0.05, 0) is 12.8 Å². The lowest BCUT2D eigenvalue weighted by Crippen LogP contribution is -2.29. The molecule has 0 saturated heterocycles. The van der Waals surface area contributed by atoms with Crippen LogP contribution in [0.4, 0.5) is 0 Å². The summed E-state index contributed by atoms with van der Waals surface area (Å²) in [6.45, 7) is 3.45. The van der Waals surface area contributed by atoms with Gasteiger partial charge in [0.05, 0.1) is 13.2 Å². The molecular weight excluding hydrogens is 509 g/mol. The van der Waals surface area contributed by atoms with E-state index in [2.05, 4.69) is 11.4 Å². The van der Waals surface area contributed by atoms with Crippen LogP contribution in [-0.4, -0.2) is 49.3 Å². The molecule has 0 aromatic heterocycles. The average Bonchev–Trinajstić information content (AvgIpc) is 2.90. The zero-order chi connectivity index (χ0) is 28.3. The van der Waals surface area contributed by atoms with Crippen LogP contribution in [0.25, 0.3) is 0 Å². The van der Waals surface area contributed by atoms with Gasteiger partial charge in [-0.25, -0.2) is 4.57 Å². The van der Waals surface area contributed by atoms with Crippen LogP contribution in [0.3, 0.4) is 0 Å². The van der Waals surface area contributed by atoms with Crippen molar-refractivity contribution in [3.63, 3.8) is 0 Å². The molecule has 3 N–H and O–H groups in total. The monoisotopic (exact) mass is 565 g/mol. The first kappa shape index (κ1) is 37.0. The van der Waals surface area contributed by atoms with Gasteiger partial charge in [-0.15, -0.1) is 0 Å². The number of nitrogens with two attached hydrogens (primary N) is 1. The van der Waals surface area contributed by atoms with Crippen LogP contribution in [0.15, 0.2) is 0 Å². The lowest BCUT2D eigenvalue weighted by Gasteiger charge is -2.19. The maximum absolute atomic E-state index is 12.3. The summed E-state index contributed by atoms with van der Waals surface area (Å²) in [5, 5.41) is 0. The fourth-order valence-electron chi connectivity index (χ4n) is 3.96. The van der Waals surface area contributed by atoms with E-state index in [4.69, 9.17) is 19.7 Å². The predicted molar refractivity (Wildman–Crippen MR) is 151 cm³/mol. The van der Waals surface area contributed by atoms with E-state index in [0.29, 0.717) is 12.8 Å². The van der Waals surface area contributed by atoms with Gasteiger partial charge in [0.2, 0.25) is 0 Å². The maximum Gasteiger partial charge on any atom is 0.472 e. The van der Waals surface area contributed by atoms with Crippen molar-refractivity contribution in [1.82, 2.24) is 0 Å². The highest BCUT2D eigenvalue weighted by atomic mass is 31.2. The van der Waals surface area contributed by atoms with Crippen molar-refractivity contribution in [3.8, 4) is 0 Å². The van der Waals surface area contributed by atoms with Crippen molar-refractivity contribution < 1.29 is 37.6 Å². The molecule has 0 aliphatic carbocycles. The first-order valence-corrected chi connectivity index (χ1v) is 16.5. The summed E-state index contributed by atoms with van der Waals surface area (Å²) in [5.74, 6) is -0.865. The van der Waals surface area contributed by atoms with E-state index in [-0.39, 0.29) is 32.6 Å². The van der Waals surface area contributed by atoms with E-state index in [1.165, 1.54) is 77.0 Å². The van der Waals surface area contributed by atoms with E-state index in [1.54, 1.807) is 0 Å². The van der Waals surface area contributed by atoms with Gasteiger partial charge < -0.3 is 20.1 Å². The van der Waals surface area contributed by atoms with Crippen molar-refractivity contribution in [1.29, 1.82) is 0 Å². The number of phosphoric ester groups is 1. The van der Waals surface area contributed by atoms with Crippen LogP contribution in [0.2, 0.25) is 0 Å². The highest BCUT2D eigenvalue weighted by molar-refractivity contribution is 7.47. The molecule has 10 heteroatoms. The number of carbonyl (C=O) groups excluding carboxylic acids is 2. The second-order valence-electron chi connectivity index (χ2n) is 9.98. The number of ether oxygens (including phenoxy) is 2. The van der Waals surface area contributed by atoms with Gasteiger partial charge in [-0.1, -0.05) is 110 Å². The number of unbranched alkanes of at least 4 members (excludes halogenated alkanes) is 15. The molecule has 226 valence electrons. The van der Waals surface area contributed by atoms with Gasteiger partial charge in [-0.3, -0.25) is 18.6 Å². The standard InChI is InChI=1S/C28H56NO8P/c1-3-5-7-8-9-10-11-12-13-14-15-16-17-18-19-21-28(31)37-26(24-34-27(30)20-6-4-2)25-36-38(32,33)35-23-22-29/h26H,3-25,29H2,1-2H3,(H,32,33)/t26-/m1/s1. The van der Waals surface area contributed by atoms with E-state index >= 15 is 0 Å². The first-order valence-electron chi connectivity index (χ1n) is 15.0. The van der Waals surface area contributed by atoms with Crippen molar-refractivity contribution in [2.24, 2.45) is 5.73 Å². The summed E-state index contributed by atoms with van der Waals surface area (Å²) < 4.78 is 32.0. The molecular formula is C28H56NO8P. The Morgan fingerprint density at radius 2 is 1.16 bits per heavy atom. The topological polar surface area (TPSA) is 134 Å². The summed E-state index contributed by atoms with van der Waals surface area (Å²) >= 11 is 0. The van der Waals surface area contributed by atoms with Crippen LogP contribution in [0, 0.1) is 0 Å². The summed E-state index contributed by atoms with van der Waals surface area (Å²) in [7, 11) is -4.34. The Morgan fingerprint density at radius 3 is 1.66 bits per heavy atom. The molecule has 0 spiro atoms. The van der Waals surface area contributed by atoms with E-state index in [1.807, 2.05) is 6.92 Å². The Labute approximate surface area is 231 Å². The average molecular weight is 566 g/mol. The number of hydrogen-bond acceptors (Lipinski definition) is 8. The molecule has 0 amide bonds. The van der Waals surface area contributed by atoms with Crippen molar-refractivity contribution in [2.45, 2.75) is 142 Å². The zero-order valence-electron chi connectivity index (χ0n) is 24.2. The highest BCUT2D eigenvalue weighted by Crippen LogP contribution is 2.43. The van der Waals surface area contributed by atoms with Crippen LogP contribution in [0.5, 0.6) is 0 Å². The smallest absolute Gasteiger partial charge is 0.462 e. The third-order valence-electron chi connectivity index (χ3n) is 6.24. The van der Waals surface area contributed by atoms with Gasteiger partial charge in [0.25, 0.3) is 0 Å². The lowest BCUT2D eigenvalue weighted by atomic mass is 10.0. The fourth-order valence-corrected chi connectivity index (χ4v) is 4.73. The Bertz CT molecular complexity index is 620. The Morgan fingerprint density at radius 1 is 0.684 bits per heavy atom. The van der Waals surface area contributed by atoms with Crippen LogP contribution < -0.4 is 5.73 Å². The van der Waals surface area contributed by atoms with E-state index in [0.717, 1.165) is 19.3 Å². The van der Waals surface area contributed by atoms with Crippen LogP contribution in [-0.2, 0) is 32.7 Å². The molecule has 0 rings (SSSR count). The number of carbonyl (C=O) groups is 2. The maximum atomic E-state index is 12.3. The molecule has 0 aliphatic rings. The molecule has 0 bridgehead atoms. The molecule has 1 unspecified atom stereocenters. The Balaban J connectivity index is 4.05. The number of esters is 2. The molecule has 0 aromatic carbocycles. The van der Waals surface area contributed by atoms with Crippen LogP contribution >= 0.6 is 7.82 Å². The van der Waals surface area contributed by atoms with Gasteiger partial charge >= 0.3 is 19.8 Å². The molecule has 0 radical (unpaired) electrons. The zero-order valence-corrected chi connectivity index (χ0v) is 25.1. The molecule has 0 aromatic rings. The summed E-state index contributed by atoms with van der Waals surface area (Å²) in [6.07, 6.45) is 19.7. The molecule has 0 saturated carbocycles. The minimum absolute atomic E-state index is 0.0562. The van der Waals surface area contributed by atoms with E-state index in [9.17, 15) is 19.0 Å². The molecule has 38 heavy (non-hydrogen) atoms. The predicted octanol–water partition coefficient (Wildman–Crippen LogP) is 6.99. The molecule has 0 heterocycles. The summed E-state index contributed by atoms with van der Waals surface area (Å²) in [5.41, 5.74) is 5.27. The minimum Gasteiger partial charge on any atom is -0.462 e. The SMILES string of the molecule is CCCCCCCCCCCCCCCCCC(=O)O[C@H](COC(=O)CCCC)COP(=O)(O)OCCN. The van der Waals surface area contributed by atoms with Crippen molar-refractivity contribution in [3.05, 3.63) is 0 Å². The number of rotatable bonds is 28. The first-order chi connectivity index (χ1) is 18.3. The van der Waals surface area contributed by atoms with Gasteiger partial charge in [0, 0.05) is 19.4 Å². The molecule has 0 aliphatic heterocycles. The molecule has 9 nitrogen and oxygen atoms in total. The normalized spacial score (nSPS) is 13.7. The highest BCUT2D eigenvalue weighted by Gasteiger charge is 2.25. The molecule has 0 fully saturated rings. The Hall–Kier alpha value is -0.990. The van der Waals surface area contributed by atoms with Gasteiger partial charge in [-0.2, -0.15) is 0 Å². The van der Waals surface area contributed by atoms with Gasteiger partial charge in [0.1, 0.15) is 6.61 Å². The quantitative estimate of drug-likeness (QED) is 0.0585. The third-order valence-corrected chi connectivity index (χ3v) is 7.23. The fraction of sp³-hybridized carbons (Fsp3) is 0.929. The minimum atomic E-state index is -4.34. The second-order valence-corrected chi connectivity index (χ2v) is 11.4. The summed E-state index contributed by atoms with van der Waals surface area (Å²) in [4.78, 5) is 33.8.